The third kappa shape index (κ3) is 2.95. The molecule has 0 aliphatic heterocycles. The normalized spacial score (nSPS) is 9.83. The van der Waals surface area contributed by atoms with E-state index in [4.69, 9.17) is 4.74 Å². The second-order valence-corrected chi connectivity index (χ2v) is 2.90. The van der Waals surface area contributed by atoms with E-state index in [1.807, 2.05) is 25.1 Å². The first-order chi connectivity index (χ1) is 5.83. The van der Waals surface area contributed by atoms with Crippen LogP contribution in [0, 0.1) is 13.0 Å². The quantitative estimate of drug-likeness (QED) is 0.620. The molecule has 0 saturated heterocycles. The Morgan fingerprint density at radius 2 is 2.25 bits per heavy atom. The average Bonchev–Trinajstić information content (AvgIpc) is 2.05. The van der Waals surface area contributed by atoms with Crippen LogP contribution in [0.3, 0.4) is 0 Å². The molecule has 65 valence electrons. The van der Waals surface area contributed by atoms with Gasteiger partial charge in [0.25, 0.3) is 0 Å². The fraction of sp³-hybridized carbons (Fsp3) is 0.455. The molecule has 0 amide bonds. The number of hydrogen-bond acceptors (Lipinski definition) is 1. The van der Waals surface area contributed by atoms with Crippen LogP contribution < -0.4 is 4.74 Å². The third-order valence-corrected chi connectivity index (χ3v) is 1.67. The van der Waals surface area contributed by atoms with Crippen molar-refractivity contribution in [1.82, 2.24) is 0 Å². The van der Waals surface area contributed by atoms with Crippen LogP contribution in [0.5, 0.6) is 5.75 Å². The molecule has 0 atom stereocenters. The smallest absolute Gasteiger partial charge is 0.127 e. The van der Waals surface area contributed by atoms with Crippen LogP contribution in [0.15, 0.2) is 18.2 Å². The molecule has 1 rings (SSSR count). The number of aryl methyl sites for hydroxylation is 1. The number of benzene rings is 1. The number of ether oxygens (including phenoxy) is 1. The molecular formula is C11H15O. The summed E-state index contributed by atoms with van der Waals surface area (Å²) in [5, 5.41) is 0. The van der Waals surface area contributed by atoms with Gasteiger partial charge in [-0.1, -0.05) is 25.5 Å². The Morgan fingerprint density at radius 3 is 2.92 bits per heavy atom. The van der Waals surface area contributed by atoms with E-state index >= 15 is 0 Å². The van der Waals surface area contributed by atoms with E-state index in [1.165, 1.54) is 6.42 Å². The highest BCUT2D eigenvalue weighted by Gasteiger charge is 1.92. The average molecular weight is 163 g/mol. The van der Waals surface area contributed by atoms with Crippen molar-refractivity contribution in [3.63, 3.8) is 0 Å². The molecule has 0 aromatic heterocycles. The zero-order valence-corrected chi connectivity index (χ0v) is 7.76. The second-order valence-electron chi connectivity index (χ2n) is 2.90. The molecule has 1 nitrogen and oxygen atoms in total. The first kappa shape index (κ1) is 9.11. The molecule has 1 heteroatoms. The Kier molecular flexibility index (Phi) is 3.65. The lowest BCUT2D eigenvalue weighted by atomic mass is 10.2. The molecule has 0 fully saturated rings. The molecule has 0 bridgehead atoms. The highest BCUT2D eigenvalue weighted by atomic mass is 16.5. The van der Waals surface area contributed by atoms with Gasteiger partial charge in [0.2, 0.25) is 0 Å². The van der Waals surface area contributed by atoms with Crippen molar-refractivity contribution in [3.05, 3.63) is 29.8 Å². The molecule has 12 heavy (non-hydrogen) atoms. The van der Waals surface area contributed by atoms with Crippen LogP contribution in [0.2, 0.25) is 0 Å². The SMILES string of the molecule is CCCCOc1[c]c(C)ccc1. The minimum absolute atomic E-state index is 0.802. The van der Waals surface area contributed by atoms with Crippen molar-refractivity contribution in [2.75, 3.05) is 6.61 Å². The molecule has 0 spiro atoms. The van der Waals surface area contributed by atoms with Crippen LogP contribution in [0.4, 0.5) is 0 Å². The molecule has 0 aliphatic rings. The van der Waals surface area contributed by atoms with E-state index in [2.05, 4.69) is 13.0 Å². The minimum Gasteiger partial charge on any atom is -0.493 e. The van der Waals surface area contributed by atoms with Crippen molar-refractivity contribution < 1.29 is 4.74 Å². The van der Waals surface area contributed by atoms with Crippen LogP contribution in [-0.4, -0.2) is 6.61 Å². The number of unbranched alkanes of at least 4 members (excludes halogenated alkanes) is 1. The fourth-order valence-electron chi connectivity index (χ4n) is 0.968. The molecule has 1 aromatic carbocycles. The summed E-state index contributed by atoms with van der Waals surface area (Å²) in [4.78, 5) is 0. The Morgan fingerprint density at radius 1 is 1.42 bits per heavy atom. The van der Waals surface area contributed by atoms with Crippen molar-refractivity contribution in [2.45, 2.75) is 26.7 Å². The van der Waals surface area contributed by atoms with E-state index in [0.717, 1.165) is 24.3 Å². The molecule has 0 N–H and O–H groups in total. The second kappa shape index (κ2) is 4.81. The first-order valence-corrected chi connectivity index (χ1v) is 4.44. The van der Waals surface area contributed by atoms with Gasteiger partial charge < -0.3 is 4.74 Å². The lowest BCUT2D eigenvalue weighted by Gasteiger charge is -2.04. The number of hydrogen-bond donors (Lipinski definition) is 0. The van der Waals surface area contributed by atoms with Gasteiger partial charge in [-0.25, -0.2) is 0 Å². The maximum absolute atomic E-state index is 5.47. The predicted octanol–water partition coefficient (Wildman–Crippen LogP) is 2.97. The highest BCUT2D eigenvalue weighted by molar-refractivity contribution is 5.25. The fourth-order valence-corrected chi connectivity index (χ4v) is 0.968. The maximum atomic E-state index is 5.47. The van der Waals surface area contributed by atoms with E-state index in [0.29, 0.717) is 0 Å². The van der Waals surface area contributed by atoms with Crippen molar-refractivity contribution in [1.29, 1.82) is 0 Å². The summed E-state index contributed by atoms with van der Waals surface area (Å²) in [5.41, 5.74) is 1.13. The van der Waals surface area contributed by atoms with Crippen LogP contribution >= 0.6 is 0 Å². The highest BCUT2D eigenvalue weighted by Crippen LogP contribution is 2.11. The standard InChI is InChI=1S/C11H15O/c1-3-4-8-12-11-7-5-6-10(2)9-11/h5-7H,3-4,8H2,1-2H3. The van der Waals surface area contributed by atoms with E-state index in [9.17, 15) is 0 Å². The summed E-state index contributed by atoms with van der Waals surface area (Å²) in [6, 6.07) is 9.10. The molecule has 1 aromatic rings. The monoisotopic (exact) mass is 163 g/mol. The summed E-state index contributed by atoms with van der Waals surface area (Å²) < 4.78 is 5.47. The van der Waals surface area contributed by atoms with Crippen LogP contribution in [-0.2, 0) is 0 Å². The van der Waals surface area contributed by atoms with Crippen molar-refractivity contribution in [3.8, 4) is 5.75 Å². The van der Waals surface area contributed by atoms with Gasteiger partial charge in [-0.2, -0.15) is 0 Å². The van der Waals surface area contributed by atoms with E-state index in [-0.39, 0.29) is 0 Å². The Labute approximate surface area is 74.4 Å². The van der Waals surface area contributed by atoms with Gasteiger partial charge in [0.1, 0.15) is 5.75 Å². The van der Waals surface area contributed by atoms with Crippen LogP contribution in [0.1, 0.15) is 25.3 Å². The molecule has 1 radical (unpaired) electrons. The topological polar surface area (TPSA) is 9.23 Å². The third-order valence-electron chi connectivity index (χ3n) is 1.67. The van der Waals surface area contributed by atoms with Gasteiger partial charge in [-0.3, -0.25) is 0 Å². The summed E-state index contributed by atoms with van der Waals surface area (Å²) in [6.45, 7) is 4.98. The van der Waals surface area contributed by atoms with E-state index < -0.39 is 0 Å². The Bertz CT molecular complexity index is 230. The summed E-state index contributed by atoms with van der Waals surface area (Å²) in [7, 11) is 0. The van der Waals surface area contributed by atoms with Gasteiger partial charge in [-0.05, 0) is 25.0 Å². The summed E-state index contributed by atoms with van der Waals surface area (Å²) >= 11 is 0. The molecule has 0 heterocycles. The van der Waals surface area contributed by atoms with Gasteiger partial charge >= 0.3 is 0 Å². The predicted molar refractivity (Wildman–Crippen MR) is 50.4 cm³/mol. The van der Waals surface area contributed by atoms with Crippen molar-refractivity contribution >= 4 is 0 Å². The maximum Gasteiger partial charge on any atom is 0.127 e. The summed E-state index contributed by atoms with van der Waals surface area (Å²) in [6.07, 6.45) is 2.29. The van der Waals surface area contributed by atoms with Gasteiger partial charge in [0.05, 0.1) is 6.61 Å². The Hall–Kier alpha value is -0.980. The van der Waals surface area contributed by atoms with E-state index in [1.54, 1.807) is 0 Å². The molecule has 0 aliphatic carbocycles. The molecule has 0 saturated carbocycles. The summed E-state index contributed by atoms with van der Waals surface area (Å²) in [5.74, 6) is 0.864. The van der Waals surface area contributed by atoms with Gasteiger partial charge in [0, 0.05) is 6.07 Å². The number of rotatable bonds is 4. The lowest BCUT2D eigenvalue weighted by Crippen LogP contribution is -1.96. The molecular weight excluding hydrogens is 148 g/mol. The zero-order valence-electron chi connectivity index (χ0n) is 7.76. The van der Waals surface area contributed by atoms with Gasteiger partial charge in [-0.15, -0.1) is 0 Å². The van der Waals surface area contributed by atoms with Gasteiger partial charge in [0.15, 0.2) is 0 Å². The van der Waals surface area contributed by atoms with Crippen molar-refractivity contribution in [2.24, 2.45) is 0 Å². The molecule has 0 unspecified atom stereocenters. The zero-order chi connectivity index (χ0) is 8.81. The Balaban J connectivity index is 2.41. The minimum atomic E-state index is 0.802. The largest absolute Gasteiger partial charge is 0.493 e. The lowest BCUT2D eigenvalue weighted by molar-refractivity contribution is 0.308. The first-order valence-electron chi connectivity index (χ1n) is 4.44. The van der Waals surface area contributed by atoms with Crippen LogP contribution in [0.25, 0.3) is 0 Å².